The molecule has 0 aliphatic rings. The molecule has 13 heteroatoms. The Bertz CT molecular complexity index is 1040. The van der Waals surface area contributed by atoms with Crippen LogP contribution in [0, 0.1) is 6.92 Å². The summed E-state index contributed by atoms with van der Waals surface area (Å²) >= 11 is 1.06. The number of aromatic nitrogens is 5. The Morgan fingerprint density at radius 1 is 1.26 bits per heavy atom. The zero-order valence-electron chi connectivity index (χ0n) is 14.2. The Morgan fingerprint density at radius 2 is 2.04 bits per heavy atom. The van der Waals surface area contributed by atoms with Crippen LogP contribution in [0.3, 0.4) is 0 Å². The van der Waals surface area contributed by atoms with Crippen molar-refractivity contribution in [2.24, 2.45) is 0 Å². The highest BCUT2D eigenvalue weighted by atomic mass is 32.2. The average molecular weight is 416 g/mol. The van der Waals surface area contributed by atoms with E-state index in [0.717, 1.165) is 15.6 Å². The van der Waals surface area contributed by atoms with Crippen LogP contribution in [-0.4, -0.2) is 39.3 Å². The first kappa shape index (κ1) is 19.2. The second kappa shape index (κ2) is 7.60. The van der Waals surface area contributed by atoms with Crippen molar-refractivity contribution in [1.29, 1.82) is 0 Å². The van der Waals surface area contributed by atoms with E-state index in [9.17, 15) is 17.2 Å². The summed E-state index contributed by atoms with van der Waals surface area (Å²) in [5.74, 6) is -0.853. The van der Waals surface area contributed by atoms with Crippen LogP contribution in [0.15, 0.2) is 23.0 Å². The number of nitrogens with zero attached hydrogens (tertiary/aromatic N) is 6. The highest BCUT2D eigenvalue weighted by molar-refractivity contribution is 7.92. The molecule has 0 unspecified atom stereocenters. The van der Waals surface area contributed by atoms with E-state index >= 15 is 0 Å². The van der Waals surface area contributed by atoms with Gasteiger partial charge in [0.15, 0.2) is 5.82 Å². The van der Waals surface area contributed by atoms with Crippen molar-refractivity contribution in [3.8, 4) is 10.8 Å². The third-order valence-electron chi connectivity index (χ3n) is 3.37. The van der Waals surface area contributed by atoms with Crippen molar-refractivity contribution < 1.29 is 21.6 Å². The number of hydrogen-bond donors (Lipinski definition) is 0. The minimum Gasteiger partial charge on any atom is -0.414 e. The van der Waals surface area contributed by atoms with Crippen molar-refractivity contribution in [2.75, 3.05) is 10.1 Å². The molecule has 0 amide bonds. The summed E-state index contributed by atoms with van der Waals surface area (Å²) in [5, 5.41) is 7.22. The predicted molar refractivity (Wildman–Crippen MR) is 92.8 cm³/mol. The Balaban J connectivity index is 1.89. The van der Waals surface area contributed by atoms with Crippen molar-refractivity contribution in [3.63, 3.8) is 0 Å². The van der Waals surface area contributed by atoms with E-state index in [0.29, 0.717) is 15.6 Å². The third-order valence-corrected chi connectivity index (χ3v) is 6.06. The number of alkyl halides is 2. The molecule has 0 N–H and O–H groups in total. The van der Waals surface area contributed by atoms with Crippen molar-refractivity contribution in [3.05, 3.63) is 35.2 Å². The lowest BCUT2D eigenvalue weighted by atomic mass is 10.5. The molecule has 0 saturated heterocycles. The lowest BCUT2D eigenvalue weighted by Gasteiger charge is -2.21. The van der Waals surface area contributed by atoms with Gasteiger partial charge in [-0.1, -0.05) is 0 Å². The van der Waals surface area contributed by atoms with Gasteiger partial charge in [-0.2, -0.15) is 8.78 Å². The summed E-state index contributed by atoms with van der Waals surface area (Å²) in [7, 11) is -3.64. The number of aryl methyl sites for hydroxylation is 1. The van der Waals surface area contributed by atoms with E-state index in [1.54, 1.807) is 6.92 Å². The lowest BCUT2D eigenvalue weighted by molar-refractivity contribution is 0.116. The molecule has 3 aromatic rings. The van der Waals surface area contributed by atoms with Gasteiger partial charge in [-0.15, -0.1) is 21.5 Å². The fourth-order valence-electron chi connectivity index (χ4n) is 2.08. The number of anilines is 1. The molecule has 0 aromatic carbocycles. The molecule has 0 radical (unpaired) electrons. The largest absolute Gasteiger partial charge is 0.414 e. The van der Waals surface area contributed by atoms with Gasteiger partial charge in [0.25, 0.3) is 11.8 Å². The normalized spacial score (nSPS) is 11.9. The molecule has 3 aromatic heterocycles. The maximum Gasteiger partial charge on any atom is 0.314 e. The lowest BCUT2D eigenvalue weighted by Crippen LogP contribution is -2.32. The Morgan fingerprint density at radius 3 is 2.67 bits per heavy atom. The van der Waals surface area contributed by atoms with Crippen LogP contribution in [0.2, 0.25) is 0 Å². The summed E-state index contributed by atoms with van der Waals surface area (Å²) in [6.45, 7) is 3.13. The van der Waals surface area contributed by atoms with E-state index < -0.39 is 22.3 Å². The standard InChI is InChI=1S/C14H14F2N6O3S2/c1-3-27(23,24)22(10-6-17-4-8(2)19-10)7-11-18-5-9(26-11)13-20-21-14(25-13)12(15)16/h4-6,12H,3,7H2,1-2H3. The van der Waals surface area contributed by atoms with E-state index in [2.05, 4.69) is 25.1 Å². The van der Waals surface area contributed by atoms with Crippen molar-refractivity contribution >= 4 is 27.2 Å². The topological polar surface area (TPSA) is 115 Å². The zero-order chi connectivity index (χ0) is 19.6. The summed E-state index contributed by atoms with van der Waals surface area (Å²) < 4.78 is 56.1. The van der Waals surface area contributed by atoms with E-state index in [-0.39, 0.29) is 24.0 Å². The van der Waals surface area contributed by atoms with E-state index in [1.165, 1.54) is 25.5 Å². The van der Waals surface area contributed by atoms with Gasteiger partial charge in [-0.05, 0) is 13.8 Å². The number of rotatable bonds is 7. The summed E-state index contributed by atoms with van der Waals surface area (Å²) in [5.41, 5.74) is 0.564. The number of hydrogen-bond acceptors (Lipinski definition) is 9. The Kier molecular flexibility index (Phi) is 5.41. The molecule has 0 aliphatic heterocycles. The monoisotopic (exact) mass is 416 g/mol. The molecule has 0 saturated carbocycles. The van der Waals surface area contributed by atoms with Crippen LogP contribution < -0.4 is 4.31 Å². The average Bonchev–Trinajstić information content (AvgIpc) is 3.28. The van der Waals surface area contributed by atoms with Crippen LogP contribution in [0.5, 0.6) is 0 Å². The van der Waals surface area contributed by atoms with Gasteiger partial charge < -0.3 is 4.42 Å². The Hall–Kier alpha value is -2.54. The zero-order valence-corrected chi connectivity index (χ0v) is 15.8. The Labute approximate surface area is 157 Å². The van der Waals surface area contributed by atoms with Gasteiger partial charge in [0, 0.05) is 6.20 Å². The summed E-state index contributed by atoms with van der Waals surface area (Å²) in [6, 6.07) is 0. The number of sulfonamides is 1. The minimum atomic E-state index is -3.64. The molecule has 0 fully saturated rings. The van der Waals surface area contributed by atoms with Crippen LogP contribution in [0.25, 0.3) is 10.8 Å². The van der Waals surface area contributed by atoms with Crippen LogP contribution in [0.4, 0.5) is 14.6 Å². The molecule has 0 spiro atoms. The first-order valence-corrected chi connectivity index (χ1v) is 10.1. The minimum absolute atomic E-state index is 0.0885. The highest BCUT2D eigenvalue weighted by Gasteiger charge is 2.25. The van der Waals surface area contributed by atoms with E-state index in [1.807, 2.05) is 0 Å². The number of thiazole rings is 1. The van der Waals surface area contributed by atoms with Crippen LogP contribution >= 0.6 is 11.3 Å². The van der Waals surface area contributed by atoms with Gasteiger partial charge in [0.2, 0.25) is 10.0 Å². The first-order chi connectivity index (χ1) is 12.8. The van der Waals surface area contributed by atoms with E-state index in [4.69, 9.17) is 4.42 Å². The van der Waals surface area contributed by atoms with Crippen molar-refractivity contribution in [1.82, 2.24) is 25.1 Å². The molecule has 3 heterocycles. The quantitative estimate of drug-likeness (QED) is 0.577. The number of halogens is 2. The summed E-state index contributed by atoms with van der Waals surface area (Å²) in [6.07, 6.45) is 1.35. The molecular weight excluding hydrogens is 402 g/mol. The predicted octanol–water partition coefficient (Wildman–Crippen LogP) is 2.59. The molecule has 3 rings (SSSR count). The fourth-order valence-corrected chi connectivity index (χ4v) is 3.99. The molecular formula is C14H14F2N6O3S2. The molecule has 144 valence electrons. The van der Waals surface area contributed by atoms with Crippen LogP contribution in [-0.2, 0) is 16.6 Å². The maximum absolute atomic E-state index is 12.6. The smallest absolute Gasteiger partial charge is 0.314 e. The molecule has 27 heavy (non-hydrogen) atoms. The molecule has 0 atom stereocenters. The third kappa shape index (κ3) is 4.24. The highest BCUT2D eigenvalue weighted by Crippen LogP contribution is 2.29. The van der Waals surface area contributed by atoms with Gasteiger partial charge in [-0.25, -0.2) is 22.7 Å². The maximum atomic E-state index is 12.6. The summed E-state index contributed by atoms with van der Waals surface area (Å²) in [4.78, 5) is 12.7. The first-order valence-electron chi connectivity index (χ1n) is 7.66. The second-order valence-corrected chi connectivity index (χ2v) is 8.59. The van der Waals surface area contributed by atoms with Gasteiger partial charge in [-0.3, -0.25) is 4.98 Å². The van der Waals surface area contributed by atoms with Gasteiger partial charge in [0.05, 0.1) is 30.4 Å². The molecule has 0 bridgehead atoms. The SMILES string of the molecule is CCS(=O)(=O)N(Cc1ncc(-c2nnc(C(F)F)o2)s1)c1cncc(C)n1. The van der Waals surface area contributed by atoms with Gasteiger partial charge >= 0.3 is 6.43 Å². The molecule has 9 nitrogen and oxygen atoms in total. The van der Waals surface area contributed by atoms with Crippen LogP contribution in [0.1, 0.15) is 29.9 Å². The fraction of sp³-hybridized carbons (Fsp3) is 0.357. The van der Waals surface area contributed by atoms with Gasteiger partial charge in [0.1, 0.15) is 9.88 Å². The van der Waals surface area contributed by atoms with Crippen molar-refractivity contribution in [2.45, 2.75) is 26.8 Å². The molecule has 0 aliphatic carbocycles. The second-order valence-electron chi connectivity index (χ2n) is 5.29.